The highest BCUT2D eigenvalue weighted by atomic mass is 16.5. The number of nitrogens with one attached hydrogen (secondary N) is 1. The first kappa shape index (κ1) is 15.5. The van der Waals surface area contributed by atoms with Crippen LogP contribution in [0, 0.1) is 0 Å². The zero-order valence-corrected chi connectivity index (χ0v) is 12.3. The molecule has 0 spiro atoms. The number of amides is 1. The first-order valence-electron chi connectivity index (χ1n) is 6.99. The molecule has 0 heterocycles. The van der Waals surface area contributed by atoms with Gasteiger partial charge in [-0.25, -0.2) is 0 Å². The Morgan fingerprint density at radius 3 is 2.59 bits per heavy atom. The van der Waals surface area contributed by atoms with Crippen LogP contribution in [-0.4, -0.2) is 18.8 Å². The lowest BCUT2D eigenvalue weighted by atomic mass is 10.2. The minimum absolute atomic E-state index is 0.284. The smallest absolute Gasteiger partial charge is 0.248 e. The van der Waals surface area contributed by atoms with Gasteiger partial charge in [0.15, 0.2) is 0 Å². The largest absolute Gasteiger partial charge is 0.492 e. The molecule has 0 aliphatic carbocycles. The Morgan fingerprint density at radius 1 is 1.14 bits per heavy atom. The van der Waals surface area contributed by atoms with Crippen molar-refractivity contribution in [3.05, 3.63) is 65.7 Å². The summed E-state index contributed by atoms with van der Waals surface area (Å²) in [7, 11) is 0. The number of hydrogen-bond acceptors (Lipinski definition) is 3. The molecule has 0 radical (unpaired) electrons. The lowest BCUT2D eigenvalue weighted by molar-refractivity contribution is -0.111. The molecule has 0 saturated heterocycles. The molecule has 0 fully saturated rings. The highest BCUT2D eigenvalue weighted by Crippen LogP contribution is 2.25. The molecule has 0 aliphatic rings. The molecule has 2 aromatic carbocycles. The molecule has 0 aromatic heterocycles. The van der Waals surface area contributed by atoms with E-state index in [9.17, 15) is 9.59 Å². The maximum atomic E-state index is 12.0. The Kier molecular flexibility index (Phi) is 5.49. The van der Waals surface area contributed by atoms with E-state index in [0.29, 0.717) is 23.6 Å². The van der Waals surface area contributed by atoms with Crippen LogP contribution >= 0.6 is 0 Å². The monoisotopic (exact) mass is 295 g/mol. The van der Waals surface area contributed by atoms with Crippen LogP contribution < -0.4 is 10.1 Å². The van der Waals surface area contributed by atoms with Crippen LogP contribution in [0.1, 0.15) is 22.8 Å². The van der Waals surface area contributed by atoms with E-state index in [1.807, 2.05) is 37.3 Å². The molecule has 0 atom stereocenters. The van der Waals surface area contributed by atoms with E-state index in [2.05, 4.69) is 5.32 Å². The van der Waals surface area contributed by atoms with Gasteiger partial charge in [-0.3, -0.25) is 9.59 Å². The van der Waals surface area contributed by atoms with Crippen molar-refractivity contribution in [2.75, 3.05) is 11.9 Å². The summed E-state index contributed by atoms with van der Waals surface area (Å²) in [4.78, 5) is 22.9. The lowest BCUT2D eigenvalue weighted by Crippen LogP contribution is -2.10. The number of carbonyl (C=O) groups excluding carboxylic acids is 2. The Labute approximate surface area is 129 Å². The minimum Gasteiger partial charge on any atom is -0.492 e. The number of aldehydes is 1. The average molecular weight is 295 g/mol. The van der Waals surface area contributed by atoms with Crippen LogP contribution in [0.15, 0.2) is 54.6 Å². The van der Waals surface area contributed by atoms with Gasteiger partial charge in [0.05, 0.1) is 12.3 Å². The summed E-state index contributed by atoms with van der Waals surface area (Å²) in [5, 5.41) is 2.73. The molecule has 1 amide bonds. The molecule has 0 aliphatic heterocycles. The number of hydrogen-bond donors (Lipinski definition) is 1. The zero-order valence-electron chi connectivity index (χ0n) is 12.3. The van der Waals surface area contributed by atoms with Gasteiger partial charge in [-0.15, -0.1) is 0 Å². The Morgan fingerprint density at radius 2 is 1.91 bits per heavy atom. The van der Waals surface area contributed by atoms with Crippen LogP contribution in [0.3, 0.4) is 0 Å². The van der Waals surface area contributed by atoms with E-state index in [4.69, 9.17) is 4.74 Å². The molecule has 112 valence electrons. The van der Waals surface area contributed by atoms with E-state index in [0.717, 1.165) is 11.8 Å². The van der Waals surface area contributed by atoms with Crippen molar-refractivity contribution in [1.29, 1.82) is 0 Å². The van der Waals surface area contributed by atoms with E-state index in [1.54, 1.807) is 24.3 Å². The zero-order chi connectivity index (χ0) is 15.8. The van der Waals surface area contributed by atoms with Gasteiger partial charge >= 0.3 is 0 Å². The second kappa shape index (κ2) is 7.78. The fraction of sp³-hybridized carbons (Fsp3) is 0.111. The van der Waals surface area contributed by atoms with Crippen molar-refractivity contribution >= 4 is 24.0 Å². The van der Waals surface area contributed by atoms with Gasteiger partial charge < -0.3 is 10.1 Å². The quantitative estimate of drug-likeness (QED) is 0.655. The molecule has 4 heteroatoms. The van der Waals surface area contributed by atoms with Crippen molar-refractivity contribution in [1.82, 2.24) is 0 Å². The maximum Gasteiger partial charge on any atom is 0.248 e. The highest BCUT2D eigenvalue weighted by Gasteiger charge is 2.07. The number of benzene rings is 2. The van der Waals surface area contributed by atoms with Gasteiger partial charge in [-0.2, -0.15) is 0 Å². The van der Waals surface area contributed by atoms with E-state index in [-0.39, 0.29) is 5.91 Å². The van der Waals surface area contributed by atoms with Gasteiger partial charge in [-0.05, 0) is 36.8 Å². The van der Waals surface area contributed by atoms with Crippen molar-refractivity contribution < 1.29 is 14.3 Å². The Balaban J connectivity index is 2.13. The summed E-state index contributed by atoms with van der Waals surface area (Å²) >= 11 is 0. The summed E-state index contributed by atoms with van der Waals surface area (Å²) in [6.45, 7) is 2.33. The fourth-order valence-corrected chi connectivity index (χ4v) is 1.91. The van der Waals surface area contributed by atoms with Gasteiger partial charge in [0, 0.05) is 11.6 Å². The highest BCUT2D eigenvalue weighted by molar-refractivity contribution is 6.03. The third-order valence-corrected chi connectivity index (χ3v) is 2.92. The Bertz CT molecular complexity index is 678. The third-order valence-electron chi connectivity index (χ3n) is 2.92. The summed E-state index contributed by atoms with van der Waals surface area (Å²) in [6, 6.07) is 14.4. The summed E-state index contributed by atoms with van der Waals surface area (Å²) in [6.07, 6.45) is 3.89. The first-order valence-corrected chi connectivity index (χ1v) is 6.99. The van der Waals surface area contributed by atoms with E-state index in [1.165, 1.54) is 6.08 Å². The molecule has 2 aromatic rings. The van der Waals surface area contributed by atoms with Gasteiger partial charge in [0.25, 0.3) is 0 Å². The number of carbonyl (C=O) groups is 2. The van der Waals surface area contributed by atoms with Gasteiger partial charge in [0.2, 0.25) is 5.91 Å². The molecule has 0 unspecified atom stereocenters. The topological polar surface area (TPSA) is 55.4 Å². The molecule has 22 heavy (non-hydrogen) atoms. The van der Waals surface area contributed by atoms with Crippen molar-refractivity contribution in [2.45, 2.75) is 6.92 Å². The average Bonchev–Trinajstić information content (AvgIpc) is 2.55. The number of rotatable bonds is 6. The number of anilines is 1. The van der Waals surface area contributed by atoms with Crippen LogP contribution in [0.2, 0.25) is 0 Å². The van der Waals surface area contributed by atoms with Crippen molar-refractivity contribution in [2.24, 2.45) is 0 Å². The lowest BCUT2D eigenvalue weighted by Gasteiger charge is -2.10. The maximum absolute atomic E-state index is 12.0. The van der Waals surface area contributed by atoms with Crippen LogP contribution in [-0.2, 0) is 4.79 Å². The molecular formula is C18H17NO3. The molecule has 0 saturated carbocycles. The predicted octanol–water partition coefficient (Wildman–Crippen LogP) is 3.55. The second-order valence-corrected chi connectivity index (χ2v) is 4.54. The molecule has 1 N–H and O–H groups in total. The molecule has 0 bridgehead atoms. The summed E-state index contributed by atoms with van der Waals surface area (Å²) in [5.74, 6) is 0.252. The third kappa shape index (κ3) is 4.31. The molecular weight excluding hydrogens is 278 g/mol. The Hall–Kier alpha value is -2.88. The standard InChI is InChI=1S/C18H17NO3/c1-2-22-17-10-8-15(13-20)12-16(17)19-18(21)11-9-14-6-4-3-5-7-14/h3-13H,2H2,1H3,(H,19,21)/b11-9+. The van der Waals surface area contributed by atoms with Gasteiger partial charge in [-0.1, -0.05) is 30.3 Å². The van der Waals surface area contributed by atoms with E-state index < -0.39 is 0 Å². The number of ether oxygens (including phenoxy) is 1. The van der Waals surface area contributed by atoms with Crippen LogP contribution in [0.25, 0.3) is 6.08 Å². The van der Waals surface area contributed by atoms with Crippen molar-refractivity contribution in [3.63, 3.8) is 0 Å². The van der Waals surface area contributed by atoms with E-state index >= 15 is 0 Å². The summed E-state index contributed by atoms with van der Waals surface area (Å²) in [5.41, 5.74) is 1.89. The SMILES string of the molecule is CCOc1ccc(C=O)cc1NC(=O)/C=C/c1ccccc1. The van der Waals surface area contributed by atoms with Gasteiger partial charge in [0.1, 0.15) is 12.0 Å². The van der Waals surface area contributed by atoms with Crippen molar-refractivity contribution in [3.8, 4) is 5.75 Å². The minimum atomic E-state index is -0.284. The summed E-state index contributed by atoms with van der Waals surface area (Å²) < 4.78 is 5.45. The van der Waals surface area contributed by atoms with Crippen LogP contribution in [0.5, 0.6) is 5.75 Å². The normalized spacial score (nSPS) is 10.4. The predicted molar refractivity (Wildman–Crippen MR) is 87.1 cm³/mol. The second-order valence-electron chi connectivity index (χ2n) is 4.54. The first-order chi connectivity index (χ1) is 10.7. The molecule has 4 nitrogen and oxygen atoms in total. The molecule has 2 rings (SSSR count). The fourth-order valence-electron chi connectivity index (χ4n) is 1.91. The van der Waals surface area contributed by atoms with Crippen LogP contribution in [0.4, 0.5) is 5.69 Å².